The van der Waals surface area contributed by atoms with Gasteiger partial charge in [-0.25, -0.2) is 0 Å². The Balaban J connectivity index is 2.19. The van der Waals surface area contributed by atoms with Gasteiger partial charge in [0.1, 0.15) is 0 Å². The summed E-state index contributed by atoms with van der Waals surface area (Å²) in [5.74, 6) is 0. The fraction of sp³-hybridized carbons (Fsp3) is 0.400. The van der Waals surface area contributed by atoms with Gasteiger partial charge in [-0.1, -0.05) is 19.1 Å². The summed E-state index contributed by atoms with van der Waals surface area (Å²) < 4.78 is 29.9. The van der Waals surface area contributed by atoms with Crippen LogP contribution in [0.3, 0.4) is 0 Å². The smallest absolute Gasteiger partial charge is 0.271 e. The minimum atomic E-state index is -3.50. The molecule has 0 aliphatic heterocycles. The van der Waals surface area contributed by atoms with Crippen molar-refractivity contribution in [1.82, 2.24) is 14.1 Å². The molecule has 1 heterocycles. The molecule has 120 valence electrons. The lowest BCUT2D eigenvalue weighted by Gasteiger charge is -2.16. The predicted octanol–water partition coefficient (Wildman–Crippen LogP) is 2.16. The topological polar surface area (TPSA) is 67.2 Å². The van der Waals surface area contributed by atoms with Gasteiger partial charge < -0.3 is 0 Å². The van der Waals surface area contributed by atoms with Gasteiger partial charge in [0.15, 0.2) is 0 Å². The number of hydrogen-bond donors (Lipinski definition) is 1. The molecular formula is C15H22N4O2S. The third-order valence-corrected chi connectivity index (χ3v) is 5.04. The molecule has 6 nitrogen and oxygen atoms in total. The van der Waals surface area contributed by atoms with E-state index in [-0.39, 0.29) is 0 Å². The van der Waals surface area contributed by atoms with Crippen LogP contribution in [0.1, 0.15) is 23.9 Å². The van der Waals surface area contributed by atoms with Crippen LogP contribution < -0.4 is 4.72 Å². The minimum Gasteiger partial charge on any atom is -0.271 e. The zero-order valence-electron chi connectivity index (χ0n) is 13.4. The van der Waals surface area contributed by atoms with Gasteiger partial charge in [0.05, 0.1) is 17.9 Å². The summed E-state index contributed by atoms with van der Waals surface area (Å²) in [6.07, 6.45) is 0. The van der Waals surface area contributed by atoms with E-state index in [1.807, 2.05) is 42.8 Å². The number of nitrogens with zero attached hydrogens (tertiary/aromatic N) is 3. The summed E-state index contributed by atoms with van der Waals surface area (Å²) in [4.78, 5) is 0. The largest absolute Gasteiger partial charge is 0.301 e. The highest BCUT2D eigenvalue weighted by Crippen LogP contribution is 2.15. The Labute approximate surface area is 131 Å². The molecule has 1 aromatic heterocycles. The van der Waals surface area contributed by atoms with Crippen LogP contribution in [0.4, 0.5) is 5.69 Å². The van der Waals surface area contributed by atoms with E-state index in [0.29, 0.717) is 18.8 Å². The van der Waals surface area contributed by atoms with Crippen molar-refractivity contribution in [2.45, 2.75) is 27.3 Å². The zero-order valence-corrected chi connectivity index (χ0v) is 14.2. The van der Waals surface area contributed by atoms with Gasteiger partial charge in [-0.05, 0) is 37.6 Å². The maximum atomic E-state index is 12.1. The summed E-state index contributed by atoms with van der Waals surface area (Å²) >= 11 is 0. The quantitative estimate of drug-likeness (QED) is 0.886. The first kappa shape index (κ1) is 16.5. The van der Waals surface area contributed by atoms with Crippen LogP contribution in [0, 0.1) is 13.8 Å². The summed E-state index contributed by atoms with van der Waals surface area (Å²) in [7, 11) is -1.95. The number of anilines is 1. The summed E-state index contributed by atoms with van der Waals surface area (Å²) in [5.41, 5.74) is 3.60. The first-order valence-corrected chi connectivity index (χ1v) is 8.60. The van der Waals surface area contributed by atoms with Crippen molar-refractivity contribution in [3.8, 4) is 0 Å². The van der Waals surface area contributed by atoms with E-state index < -0.39 is 10.2 Å². The van der Waals surface area contributed by atoms with Crippen molar-refractivity contribution in [3.63, 3.8) is 0 Å². The van der Waals surface area contributed by atoms with E-state index in [2.05, 4.69) is 9.82 Å². The Morgan fingerprint density at radius 1 is 1.27 bits per heavy atom. The maximum absolute atomic E-state index is 12.1. The number of aromatic nitrogens is 2. The van der Waals surface area contributed by atoms with Crippen LogP contribution >= 0.6 is 0 Å². The molecule has 0 radical (unpaired) electrons. The molecule has 0 bridgehead atoms. The standard InChI is InChI=1S/C15H22N4O2S/c1-5-18(4)22(20,21)17-15-8-6-7-14(10-15)11-19-13(3)9-12(2)16-19/h6-10,17H,5,11H2,1-4H3. The van der Waals surface area contributed by atoms with Crippen LogP contribution in [0.25, 0.3) is 0 Å². The fourth-order valence-corrected chi connectivity index (χ4v) is 3.06. The normalized spacial score (nSPS) is 11.9. The van der Waals surface area contributed by atoms with E-state index in [1.165, 1.54) is 4.31 Å². The third-order valence-electron chi connectivity index (χ3n) is 3.47. The number of nitrogens with one attached hydrogen (secondary N) is 1. The van der Waals surface area contributed by atoms with E-state index in [0.717, 1.165) is 17.0 Å². The number of benzene rings is 1. The maximum Gasteiger partial charge on any atom is 0.301 e. The average Bonchev–Trinajstić information content (AvgIpc) is 2.75. The van der Waals surface area contributed by atoms with Gasteiger partial charge in [0.25, 0.3) is 0 Å². The van der Waals surface area contributed by atoms with Gasteiger partial charge >= 0.3 is 10.2 Å². The van der Waals surface area contributed by atoms with Gasteiger partial charge in [-0.3, -0.25) is 9.40 Å². The molecule has 0 unspecified atom stereocenters. The van der Waals surface area contributed by atoms with E-state index in [1.54, 1.807) is 20.0 Å². The molecule has 22 heavy (non-hydrogen) atoms. The second-order valence-electron chi connectivity index (χ2n) is 5.31. The molecule has 1 N–H and O–H groups in total. The monoisotopic (exact) mass is 322 g/mol. The van der Waals surface area contributed by atoms with Crippen LogP contribution in [-0.2, 0) is 16.8 Å². The van der Waals surface area contributed by atoms with Crippen LogP contribution in [0.5, 0.6) is 0 Å². The first-order valence-electron chi connectivity index (χ1n) is 7.16. The molecule has 0 aliphatic rings. The Morgan fingerprint density at radius 2 is 2.00 bits per heavy atom. The highest BCUT2D eigenvalue weighted by molar-refractivity contribution is 7.90. The second kappa shape index (κ2) is 6.50. The summed E-state index contributed by atoms with van der Waals surface area (Å²) in [6.45, 7) is 6.77. The lowest BCUT2D eigenvalue weighted by molar-refractivity contribution is 0.491. The Morgan fingerprint density at radius 3 is 2.59 bits per heavy atom. The van der Waals surface area contributed by atoms with E-state index in [9.17, 15) is 8.42 Å². The first-order chi connectivity index (χ1) is 10.3. The molecule has 0 spiro atoms. The number of rotatable bonds is 6. The van der Waals surface area contributed by atoms with Gasteiger partial charge in [0.2, 0.25) is 0 Å². The van der Waals surface area contributed by atoms with Crippen molar-refractivity contribution >= 4 is 15.9 Å². The molecule has 1 aromatic carbocycles. The van der Waals surface area contributed by atoms with Crippen molar-refractivity contribution in [2.24, 2.45) is 0 Å². The molecular weight excluding hydrogens is 300 g/mol. The van der Waals surface area contributed by atoms with E-state index in [4.69, 9.17) is 0 Å². The third kappa shape index (κ3) is 3.86. The molecule has 0 saturated heterocycles. The van der Waals surface area contributed by atoms with Crippen LogP contribution in [0.2, 0.25) is 0 Å². The number of hydrogen-bond acceptors (Lipinski definition) is 3. The average molecular weight is 322 g/mol. The molecule has 0 amide bonds. The molecule has 2 rings (SSSR count). The lowest BCUT2D eigenvalue weighted by Crippen LogP contribution is -2.32. The summed E-state index contributed by atoms with van der Waals surface area (Å²) in [5, 5.41) is 4.42. The van der Waals surface area contributed by atoms with Crippen molar-refractivity contribution in [1.29, 1.82) is 0 Å². The van der Waals surface area contributed by atoms with Gasteiger partial charge in [-0.2, -0.15) is 17.8 Å². The van der Waals surface area contributed by atoms with Gasteiger partial charge in [0, 0.05) is 19.3 Å². The molecule has 0 saturated carbocycles. The Bertz CT molecular complexity index is 753. The molecule has 7 heteroatoms. The molecule has 2 aromatic rings. The van der Waals surface area contributed by atoms with Crippen molar-refractivity contribution in [2.75, 3.05) is 18.3 Å². The van der Waals surface area contributed by atoms with Crippen molar-refractivity contribution in [3.05, 3.63) is 47.3 Å². The van der Waals surface area contributed by atoms with Gasteiger partial charge in [-0.15, -0.1) is 0 Å². The highest BCUT2D eigenvalue weighted by atomic mass is 32.2. The SMILES string of the molecule is CCN(C)S(=O)(=O)Nc1cccc(Cn2nc(C)cc2C)c1. The second-order valence-corrected chi connectivity index (χ2v) is 7.08. The number of aryl methyl sites for hydroxylation is 2. The van der Waals surface area contributed by atoms with Crippen molar-refractivity contribution < 1.29 is 8.42 Å². The summed E-state index contributed by atoms with van der Waals surface area (Å²) in [6, 6.07) is 9.38. The van der Waals surface area contributed by atoms with Crippen LogP contribution in [-0.4, -0.2) is 36.1 Å². The molecule has 0 atom stereocenters. The lowest BCUT2D eigenvalue weighted by atomic mass is 10.2. The minimum absolute atomic E-state index is 0.417. The predicted molar refractivity (Wildman–Crippen MR) is 88.1 cm³/mol. The molecule has 0 fully saturated rings. The Hall–Kier alpha value is -1.86. The van der Waals surface area contributed by atoms with E-state index >= 15 is 0 Å². The van der Waals surface area contributed by atoms with Crippen LogP contribution in [0.15, 0.2) is 30.3 Å². The fourth-order valence-electron chi connectivity index (χ4n) is 2.14. The Kier molecular flexibility index (Phi) is 4.87. The zero-order chi connectivity index (χ0) is 16.3. The molecule has 0 aliphatic carbocycles. The highest BCUT2D eigenvalue weighted by Gasteiger charge is 2.15.